The van der Waals surface area contributed by atoms with E-state index in [1.165, 1.54) is 6.07 Å². The lowest BCUT2D eigenvalue weighted by molar-refractivity contribution is 0.0594. The summed E-state index contributed by atoms with van der Waals surface area (Å²) in [4.78, 5) is 28.6. The molecule has 1 N–H and O–H groups in total. The molecule has 0 unspecified atom stereocenters. The van der Waals surface area contributed by atoms with E-state index in [0.717, 1.165) is 51.1 Å². The fourth-order valence-corrected chi connectivity index (χ4v) is 4.95. The minimum absolute atomic E-state index is 0.0654. The Morgan fingerprint density at radius 2 is 1.58 bits per heavy atom. The zero-order valence-electron chi connectivity index (χ0n) is 18.4. The quantitative estimate of drug-likeness (QED) is 0.610. The van der Waals surface area contributed by atoms with Crippen LogP contribution >= 0.6 is 23.2 Å². The summed E-state index contributed by atoms with van der Waals surface area (Å²) in [5.41, 5.74) is 0.336. The second kappa shape index (κ2) is 10.8. The summed E-state index contributed by atoms with van der Waals surface area (Å²) in [7, 11) is 0. The molecule has 2 aliphatic heterocycles. The van der Waals surface area contributed by atoms with Crippen molar-refractivity contribution in [2.75, 3.05) is 32.7 Å². The van der Waals surface area contributed by atoms with E-state index in [0.29, 0.717) is 29.1 Å². The molecule has 33 heavy (non-hydrogen) atoms. The van der Waals surface area contributed by atoms with Crippen LogP contribution in [0.25, 0.3) is 0 Å². The summed E-state index contributed by atoms with van der Waals surface area (Å²) in [5, 5.41) is 10.4. The highest BCUT2D eigenvalue weighted by Gasteiger charge is 2.28. The molecule has 0 bridgehead atoms. The lowest BCUT2D eigenvalue weighted by Gasteiger charge is -2.37. The van der Waals surface area contributed by atoms with Crippen molar-refractivity contribution in [1.82, 2.24) is 9.80 Å². The number of hydrogen-bond donors (Lipinski definition) is 1. The number of likely N-dealkylation sites (tertiary alicyclic amines) is 2. The van der Waals surface area contributed by atoms with E-state index in [9.17, 15) is 14.7 Å². The number of nitrogens with zero attached hydrogens (tertiary/aromatic N) is 2. The Morgan fingerprint density at radius 3 is 2.21 bits per heavy atom. The van der Waals surface area contributed by atoms with Gasteiger partial charge in [0.25, 0.3) is 5.91 Å². The molecule has 4 rings (SSSR count). The van der Waals surface area contributed by atoms with Gasteiger partial charge in [0.2, 0.25) is 0 Å². The third-order valence-electron chi connectivity index (χ3n) is 6.53. The Balaban J connectivity index is 1.22. The third-order valence-corrected chi connectivity index (χ3v) is 7.27. The van der Waals surface area contributed by atoms with Crippen LogP contribution in [0, 0.1) is 5.92 Å². The highest BCUT2D eigenvalue weighted by atomic mass is 35.5. The number of carboxylic acid groups (broad SMARTS) is 1. The average Bonchev–Trinajstić information content (AvgIpc) is 2.83. The van der Waals surface area contributed by atoms with Gasteiger partial charge in [-0.2, -0.15) is 0 Å². The standard InChI is InChI=1S/C25H28Cl2N2O4/c26-22-6-5-19(15-23(22)27)33-18-9-11-28(12-10-18)16-17-7-13-29(14-8-17)24(30)20-3-1-2-4-21(20)25(31)32/h1-6,15,17-18H,7-14,16H2,(H,31,32). The molecule has 0 saturated carbocycles. The van der Waals surface area contributed by atoms with Crippen LogP contribution in [0.3, 0.4) is 0 Å². The van der Waals surface area contributed by atoms with E-state index in [2.05, 4.69) is 4.90 Å². The number of carboxylic acids is 1. The Labute approximate surface area is 204 Å². The third kappa shape index (κ3) is 5.99. The first-order valence-corrected chi connectivity index (χ1v) is 12.1. The molecule has 2 aliphatic rings. The molecule has 0 radical (unpaired) electrons. The number of carbonyl (C=O) groups is 2. The topological polar surface area (TPSA) is 70.1 Å². The zero-order valence-corrected chi connectivity index (χ0v) is 19.9. The van der Waals surface area contributed by atoms with Crippen molar-refractivity contribution in [2.45, 2.75) is 31.8 Å². The van der Waals surface area contributed by atoms with E-state index < -0.39 is 5.97 Å². The number of piperidine rings is 2. The van der Waals surface area contributed by atoms with Crippen molar-refractivity contribution in [3.8, 4) is 5.75 Å². The largest absolute Gasteiger partial charge is 0.490 e. The number of halogens is 2. The van der Waals surface area contributed by atoms with Gasteiger partial charge in [-0.15, -0.1) is 0 Å². The molecular weight excluding hydrogens is 463 g/mol. The second-order valence-electron chi connectivity index (χ2n) is 8.78. The Kier molecular flexibility index (Phi) is 7.78. The minimum Gasteiger partial charge on any atom is -0.490 e. The molecule has 2 heterocycles. The van der Waals surface area contributed by atoms with Gasteiger partial charge >= 0.3 is 5.97 Å². The molecule has 1 amide bonds. The SMILES string of the molecule is O=C(O)c1ccccc1C(=O)N1CCC(CN2CCC(Oc3ccc(Cl)c(Cl)c3)CC2)CC1. The van der Waals surface area contributed by atoms with Crippen molar-refractivity contribution in [3.63, 3.8) is 0 Å². The molecule has 6 nitrogen and oxygen atoms in total. The van der Waals surface area contributed by atoms with Crippen molar-refractivity contribution < 1.29 is 19.4 Å². The summed E-state index contributed by atoms with van der Waals surface area (Å²) in [6, 6.07) is 11.8. The predicted molar refractivity (Wildman–Crippen MR) is 129 cm³/mol. The van der Waals surface area contributed by atoms with Gasteiger partial charge < -0.3 is 19.6 Å². The molecule has 0 aliphatic carbocycles. The molecule has 2 fully saturated rings. The first-order chi connectivity index (χ1) is 15.9. The van der Waals surface area contributed by atoms with E-state index in [-0.39, 0.29) is 23.1 Å². The van der Waals surface area contributed by atoms with Crippen molar-refractivity contribution in [1.29, 1.82) is 0 Å². The number of ether oxygens (including phenoxy) is 1. The average molecular weight is 491 g/mol. The van der Waals surface area contributed by atoms with E-state index in [4.69, 9.17) is 27.9 Å². The van der Waals surface area contributed by atoms with Crippen LogP contribution in [0.15, 0.2) is 42.5 Å². The van der Waals surface area contributed by atoms with E-state index >= 15 is 0 Å². The van der Waals surface area contributed by atoms with Gasteiger partial charge in [0.15, 0.2) is 0 Å². The first-order valence-electron chi connectivity index (χ1n) is 11.4. The van der Waals surface area contributed by atoms with Crippen LogP contribution in [0.5, 0.6) is 5.75 Å². The lowest BCUT2D eigenvalue weighted by Crippen LogP contribution is -2.44. The highest BCUT2D eigenvalue weighted by Crippen LogP contribution is 2.29. The molecule has 2 saturated heterocycles. The van der Waals surface area contributed by atoms with Crippen molar-refractivity contribution in [3.05, 3.63) is 63.6 Å². The number of amides is 1. The van der Waals surface area contributed by atoms with Crippen LogP contribution in [0.1, 0.15) is 46.4 Å². The maximum atomic E-state index is 12.9. The van der Waals surface area contributed by atoms with Crippen LogP contribution < -0.4 is 4.74 Å². The fourth-order valence-electron chi connectivity index (χ4n) is 4.66. The fraction of sp³-hybridized carbons (Fsp3) is 0.440. The van der Waals surface area contributed by atoms with Gasteiger partial charge in [0.1, 0.15) is 11.9 Å². The maximum Gasteiger partial charge on any atom is 0.336 e. The Hall–Kier alpha value is -2.28. The van der Waals surface area contributed by atoms with E-state index in [1.807, 2.05) is 6.07 Å². The molecule has 0 spiro atoms. The van der Waals surface area contributed by atoms with Gasteiger partial charge in [-0.1, -0.05) is 35.3 Å². The Morgan fingerprint density at radius 1 is 0.909 bits per heavy atom. The molecule has 8 heteroatoms. The predicted octanol–water partition coefficient (Wildman–Crippen LogP) is 5.09. The van der Waals surface area contributed by atoms with Crippen molar-refractivity contribution >= 4 is 35.1 Å². The molecule has 0 atom stereocenters. The molecular formula is C25H28Cl2N2O4. The number of aromatic carboxylic acids is 1. The van der Waals surface area contributed by atoms with Gasteiger partial charge in [-0.3, -0.25) is 4.79 Å². The summed E-state index contributed by atoms with van der Waals surface area (Å²) in [6.45, 7) is 4.31. The minimum atomic E-state index is -1.07. The molecule has 0 aromatic heterocycles. The highest BCUT2D eigenvalue weighted by molar-refractivity contribution is 6.42. The van der Waals surface area contributed by atoms with E-state index in [1.54, 1.807) is 35.2 Å². The van der Waals surface area contributed by atoms with Gasteiger partial charge in [0.05, 0.1) is 21.2 Å². The molecule has 176 valence electrons. The zero-order chi connectivity index (χ0) is 23.4. The van der Waals surface area contributed by atoms with Crippen LogP contribution in [0.2, 0.25) is 10.0 Å². The van der Waals surface area contributed by atoms with Crippen LogP contribution in [-0.4, -0.2) is 65.6 Å². The number of rotatable bonds is 6. The van der Waals surface area contributed by atoms with Crippen molar-refractivity contribution in [2.24, 2.45) is 5.92 Å². The monoisotopic (exact) mass is 490 g/mol. The van der Waals surface area contributed by atoms with Crippen LogP contribution in [-0.2, 0) is 0 Å². The first kappa shape index (κ1) is 23.9. The second-order valence-corrected chi connectivity index (χ2v) is 9.59. The summed E-state index contributed by atoms with van der Waals surface area (Å²) in [5.74, 6) is 0.0350. The summed E-state index contributed by atoms with van der Waals surface area (Å²) in [6.07, 6.45) is 3.96. The maximum absolute atomic E-state index is 12.9. The number of hydrogen-bond acceptors (Lipinski definition) is 4. The summed E-state index contributed by atoms with van der Waals surface area (Å²) >= 11 is 12.1. The lowest BCUT2D eigenvalue weighted by atomic mass is 9.94. The molecule has 2 aromatic carbocycles. The number of carbonyl (C=O) groups excluding carboxylic acids is 1. The normalized spacial score (nSPS) is 18.3. The Bertz CT molecular complexity index is 1000. The molecule has 2 aromatic rings. The summed E-state index contributed by atoms with van der Waals surface area (Å²) < 4.78 is 6.08. The van der Waals surface area contributed by atoms with Crippen LogP contribution in [0.4, 0.5) is 0 Å². The smallest absolute Gasteiger partial charge is 0.336 e. The van der Waals surface area contributed by atoms with Gasteiger partial charge in [0, 0.05) is 38.8 Å². The van der Waals surface area contributed by atoms with Gasteiger partial charge in [-0.05, 0) is 55.9 Å². The number of benzene rings is 2. The van der Waals surface area contributed by atoms with Gasteiger partial charge in [-0.25, -0.2) is 4.79 Å².